The Hall–Kier alpha value is -3.09. The standard InChI is InChI=1S/C22H25FN2O4/c1-16-7-8-20(17(2)13-16)28-15-22(27)29-14-21(26)25-11-9-24(10-12-25)19-6-4-3-5-18(19)23/h3-8,13H,9-12,14-15H2,1-2H3. The number of nitrogens with zero attached hydrogens (tertiary/aromatic N) is 2. The van der Waals surface area contributed by atoms with Crippen LogP contribution in [-0.4, -0.2) is 56.2 Å². The fraction of sp³-hybridized carbons (Fsp3) is 0.364. The number of anilines is 1. The third kappa shape index (κ3) is 5.47. The van der Waals surface area contributed by atoms with Crippen LogP contribution in [0.4, 0.5) is 10.1 Å². The van der Waals surface area contributed by atoms with Gasteiger partial charge < -0.3 is 19.3 Å². The number of aryl methyl sites for hydroxylation is 2. The van der Waals surface area contributed by atoms with Crippen LogP contribution < -0.4 is 9.64 Å². The zero-order valence-electron chi connectivity index (χ0n) is 16.7. The van der Waals surface area contributed by atoms with Crippen LogP contribution in [0.2, 0.25) is 0 Å². The number of halogens is 1. The lowest BCUT2D eigenvalue weighted by molar-refractivity contribution is -0.153. The Morgan fingerprint density at radius 1 is 1.00 bits per heavy atom. The summed E-state index contributed by atoms with van der Waals surface area (Å²) in [5.74, 6) is -0.519. The van der Waals surface area contributed by atoms with Crippen LogP contribution in [0.5, 0.6) is 5.75 Å². The second-order valence-corrected chi connectivity index (χ2v) is 7.04. The van der Waals surface area contributed by atoms with Crippen LogP contribution in [0.3, 0.4) is 0 Å². The molecule has 0 saturated carbocycles. The Labute approximate surface area is 169 Å². The molecule has 7 heteroatoms. The van der Waals surface area contributed by atoms with E-state index >= 15 is 0 Å². The summed E-state index contributed by atoms with van der Waals surface area (Å²) in [6.07, 6.45) is 0. The van der Waals surface area contributed by atoms with E-state index in [-0.39, 0.29) is 24.9 Å². The summed E-state index contributed by atoms with van der Waals surface area (Å²) >= 11 is 0. The predicted octanol–water partition coefficient (Wildman–Crippen LogP) is 2.71. The molecule has 1 fully saturated rings. The van der Waals surface area contributed by atoms with Crippen molar-refractivity contribution in [3.05, 3.63) is 59.4 Å². The Morgan fingerprint density at radius 2 is 1.72 bits per heavy atom. The average Bonchev–Trinajstić information content (AvgIpc) is 2.72. The zero-order chi connectivity index (χ0) is 20.8. The highest BCUT2D eigenvalue weighted by Crippen LogP contribution is 2.20. The molecule has 0 atom stereocenters. The predicted molar refractivity (Wildman–Crippen MR) is 108 cm³/mol. The number of hydrogen-bond donors (Lipinski definition) is 0. The van der Waals surface area contributed by atoms with E-state index in [4.69, 9.17) is 9.47 Å². The van der Waals surface area contributed by atoms with E-state index in [1.54, 1.807) is 29.2 Å². The van der Waals surface area contributed by atoms with E-state index in [0.717, 1.165) is 11.1 Å². The van der Waals surface area contributed by atoms with Crippen molar-refractivity contribution in [1.82, 2.24) is 4.90 Å². The summed E-state index contributed by atoms with van der Waals surface area (Å²) in [5, 5.41) is 0. The molecule has 2 aromatic carbocycles. The first kappa shape index (κ1) is 20.6. The number of benzene rings is 2. The van der Waals surface area contributed by atoms with Gasteiger partial charge in [0.2, 0.25) is 0 Å². The number of carbonyl (C=O) groups excluding carboxylic acids is 2. The highest BCUT2D eigenvalue weighted by Gasteiger charge is 2.23. The van der Waals surface area contributed by atoms with Crippen LogP contribution in [0, 0.1) is 19.7 Å². The summed E-state index contributed by atoms with van der Waals surface area (Å²) in [6, 6.07) is 12.3. The van der Waals surface area contributed by atoms with Crippen molar-refractivity contribution in [2.75, 3.05) is 44.3 Å². The van der Waals surface area contributed by atoms with Crippen LogP contribution in [0.15, 0.2) is 42.5 Å². The van der Waals surface area contributed by atoms with E-state index in [9.17, 15) is 14.0 Å². The van der Waals surface area contributed by atoms with E-state index in [2.05, 4.69) is 0 Å². The molecule has 1 aliphatic rings. The number of esters is 1. The minimum Gasteiger partial charge on any atom is -0.482 e. The molecule has 6 nitrogen and oxygen atoms in total. The summed E-state index contributed by atoms with van der Waals surface area (Å²) in [6.45, 7) is 5.25. The molecule has 0 radical (unpaired) electrons. The molecule has 1 amide bonds. The van der Waals surface area contributed by atoms with Gasteiger partial charge in [0.05, 0.1) is 5.69 Å². The van der Waals surface area contributed by atoms with Crippen molar-refractivity contribution in [3.8, 4) is 5.75 Å². The maximum absolute atomic E-state index is 13.9. The van der Waals surface area contributed by atoms with E-state index in [1.165, 1.54) is 6.07 Å². The lowest BCUT2D eigenvalue weighted by atomic mass is 10.1. The highest BCUT2D eigenvalue weighted by atomic mass is 19.1. The minimum atomic E-state index is -0.594. The highest BCUT2D eigenvalue weighted by molar-refractivity contribution is 5.81. The monoisotopic (exact) mass is 400 g/mol. The average molecular weight is 400 g/mol. The molecule has 2 aromatic rings. The van der Waals surface area contributed by atoms with Gasteiger partial charge in [-0.2, -0.15) is 0 Å². The van der Waals surface area contributed by atoms with Gasteiger partial charge in [-0.25, -0.2) is 9.18 Å². The fourth-order valence-corrected chi connectivity index (χ4v) is 3.28. The number of ether oxygens (including phenoxy) is 2. The van der Waals surface area contributed by atoms with Crippen molar-refractivity contribution < 1.29 is 23.5 Å². The van der Waals surface area contributed by atoms with Crippen LogP contribution in [-0.2, 0) is 14.3 Å². The number of hydrogen-bond acceptors (Lipinski definition) is 5. The molecule has 0 bridgehead atoms. The second kappa shape index (κ2) is 9.41. The van der Waals surface area contributed by atoms with Gasteiger partial charge in [-0.05, 0) is 37.6 Å². The summed E-state index contributed by atoms with van der Waals surface area (Å²) in [7, 11) is 0. The summed E-state index contributed by atoms with van der Waals surface area (Å²) in [5.41, 5.74) is 2.58. The van der Waals surface area contributed by atoms with Gasteiger partial charge in [0.25, 0.3) is 5.91 Å². The lowest BCUT2D eigenvalue weighted by Crippen LogP contribution is -2.50. The molecule has 0 unspecified atom stereocenters. The van der Waals surface area contributed by atoms with Crippen LogP contribution >= 0.6 is 0 Å². The maximum atomic E-state index is 13.9. The second-order valence-electron chi connectivity index (χ2n) is 7.04. The van der Waals surface area contributed by atoms with Gasteiger partial charge in [0.15, 0.2) is 13.2 Å². The van der Waals surface area contributed by atoms with Gasteiger partial charge in [-0.1, -0.05) is 29.8 Å². The van der Waals surface area contributed by atoms with Gasteiger partial charge in [-0.15, -0.1) is 0 Å². The molecule has 1 aliphatic heterocycles. The van der Waals surface area contributed by atoms with Gasteiger partial charge in [-0.3, -0.25) is 4.79 Å². The van der Waals surface area contributed by atoms with E-state index in [0.29, 0.717) is 37.6 Å². The van der Waals surface area contributed by atoms with Gasteiger partial charge >= 0.3 is 5.97 Å². The molecule has 1 saturated heterocycles. The van der Waals surface area contributed by atoms with Crippen LogP contribution in [0.25, 0.3) is 0 Å². The normalized spacial score (nSPS) is 13.9. The smallest absolute Gasteiger partial charge is 0.344 e. The largest absolute Gasteiger partial charge is 0.482 e. The Bertz CT molecular complexity index is 879. The van der Waals surface area contributed by atoms with E-state index in [1.807, 2.05) is 30.9 Å². The Morgan fingerprint density at radius 3 is 2.41 bits per heavy atom. The third-order valence-corrected chi connectivity index (χ3v) is 4.86. The van der Waals surface area contributed by atoms with Crippen molar-refractivity contribution in [1.29, 1.82) is 0 Å². The first-order valence-corrected chi connectivity index (χ1v) is 9.57. The topological polar surface area (TPSA) is 59.1 Å². The number of carbonyl (C=O) groups is 2. The molecule has 0 aliphatic carbocycles. The van der Waals surface area contributed by atoms with Crippen molar-refractivity contribution >= 4 is 17.6 Å². The summed E-state index contributed by atoms with van der Waals surface area (Å²) in [4.78, 5) is 27.7. The fourth-order valence-electron chi connectivity index (χ4n) is 3.28. The maximum Gasteiger partial charge on any atom is 0.344 e. The number of para-hydroxylation sites is 1. The minimum absolute atomic E-state index is 0.252. The quantitative estimate of drug-likeness (QED) is 0.698. The van der Waals surface area contributed by atoms with Gasteiger partial charge in [0, 0.05) is 26.2 Å². The van der Waals surface area contributed by atoms with Crippen molar-refractivity contribution in [2.45, 2.75) is 13.8 Å². The Kier molecular flexibility index (Phi) is 6.69. The van der Waals surface area contributed by atoms with Crippen LogP contribution in [0.1, 0.15) is 11.1 Å². The van der Waals surface area contributed by atoms with E-state index < -0.39 is 5.97 Å². The molecule has 154 valence electrons. The molecule has 0 aromatic heterocycles. The first-order valence-electron chi connectivity index (χ1n) is 9.57. The molecule has 3 rings (SSSR count). The number of piperazine rings is 1. The van der Waals surface area contributed by atoms with Crippen molar-refractivity contribution in [3.63, 3.8) is 0 Å². The lowest BCUT2D eigenvalue weighted by Gasteiger charge is -2.36. The molecular weight excluding hydrogens is 375 g/mol. The first-order chi connectivity index (χ1) is 13.9. The van der Waals surface area contributed by atoms with Crippen molar-refractivity contribution in [2.24, 2.45) is 0 Å². The molecule has 0 N–H and O–H groups in total. The third-order valence-electron chi connectivity index (χ3n) is 4.86. The molecule has 1 heterocycles. The molecule has 0 spiro atoms. The number of rotatable bonds is 6. The SMILES string of the molecule is Cc1ccc(OCC(=O)OCC(=O)N2CCN(c3ccccc3F)CC2)c(C)c1. The number of amides is 1. The zero-order valence-corrected chi connectivity index (χ0v) is 16.7. The molecular formula is C22H25FN2O4. The summed E-state index contributed by atoms with van der Waals surface area (Å²) < 4.78 is 24.4. The Balaban J connectivity index is 1.40. The van der Waals surface area contributed by atoms with Gasteiger partial charge in [0.1, 0.15) is 11.6 Å². The molecule has 29 heavy (non-hydrogen) atoms.